The predicted molar refractivity (Wildman–Crippen MR) is 198 cm³/mol. The van der Waals surface area contributed by atoms with Gasteiger partial charge in [0.1, 0.15) is 24.7 Å². The van der Waals surface area contributed by atoms with Crippen LogP contribution in [0.2, 0.25) is 0 Å². The van der Waals surface area contributed by atoms with Crippen molar-refractivity contribution in [2.24, 2.45) is 0 Å². The van der Waals surface area contributed by atoms with Crippen LogP contribution in [0.4, 0.5) is 0 Å². The van der Waals surface area contributed by atoms with E-state index in [1.54, 1.807) is 23.4 Å². The van der Waals surface area contributed by atoms with E-state index in [0.29, 0.717) is 32.1 Å². The highest BCUT2D eigenvalue weighted by Crippen LogP contribution is 2.33. The van der Waals surface area contributed by atoms with Gasteiger partial charge in [-0.2, -0.15) is 0 Å². The highest BCUT2D eigenvalue weighted by molar-refractivity contribution is 5.95. The Kier molecular flexibility index (Phi) is 12.6. The summed E-state index contributed by atoms with van der Waals surface area (Å²) in [5.41, 5.74) is 3.35. The van der Waals surface area contributed by atoms with Crippen molar-refractivity contribution in [3.63, 3.8) is 0 Å². The van der Waals surface area contributed by atoms with E-state index in [1.807, 2.05) is 97.1 Å². The molecule has 2 aliphatic rings. The van der Waals surface area contributed by atoms with Gasteiger partial charge in [-0.1, -0.05) is 97.1 Å². The Balaban J connectivity index is 1.14. The molecular formula is C42H45N5O6. The molecule has 0 aliphatic carbocycles. The third-order valence-electron chi connectivity index (χ3n) is 9.81. The number of nitrogens with one attached hydrogen (secondary N) is 3. The van der Waals surface area contributed by atoms with Crippen LogP contribution in [-0.2, 0) is 54.6 Å². The van der Waals surface area contributed by atoms with Gasteiger partial charge in [0.2, 0.25) is 23.6 Å². The van der Waals surface area contributed by atoms with Crippen LogP contribution in [-0.4, -0.2) is 69.7 Å². The van der Waals surface area contributed by atoms with Crippen molar-refractivity contribution < 1.29 is 28.7 Å². The van der Waals surface area contributed by atoms with E-state index in [9.17, 15) is 24.0 Å². The van der Waals surface area contributed by atoms with E-state index >= 15 is 0 Å². The second-order valence-electron chi connectivity index (χ2n) is 13.7. The zero-order valence-electron chi connectivity index (χ0n) is 29.6. The van der Waals surface area contributed by atoms with Crippen molar-refractivity contribution in [1.82, 2.24) is 25.8 Å². The van der Waals surface area contributed by atoms with Gasteiger partial charge in [0.25, 0.3) is 0 Å². The molecule has 2 aliphatic heterocycles. The van der Waals surface area contributed by atoms with Crippen LogP contribution in [0.5, 0.6) is 0 Å². The molecule has 3 heterocycles. The molecule has 2 fully saturated rings. The fourth-order valence-electron chi connectivity index (χ4n) is 7.18. The Labute approximate surface area is 309 Å². The molecular weight excluding hydrogens is 670 g/mol. The van der Waals surface area contributed by atoms with Gasteiger partial charge in [0.15, 0.2) is 0 Å². The molecule has 0 unspecified atom stereocenters. The van der Waals surface area contributed by atoms with Crippen LogP contribution >= 0.6 is 0 Å². The number of rotatable bonds is 15. The fraction of sp³-hybridized carbons (Fsp3) is 0.333. The zero-order chi connectivity index (χ0) is 37.0. The van der Waals surface area contributed by atoms with Crippen LogP contribution < -0.4 is 16.0 Å². The van der Waals surface area contributed by atoms with Gasteiger partial charge in [-0.3, -0.25) is 29.0 Å². The summed E-state index contributed by atoms with van der Waals surface area (Å²) < 4.78 is 5.56. The number of fused-ring (bicyclic) bond motifs is 1. The number of pyridine rings is 1. The lowest BCUT2D eigenvalue weighted by atomic mass is 9.97. The summed E-state index contributed by atoms with van der Waals surface area (Å²) >= 11 is 0. The molecule has 0 saturated carbocycles. The summed E-state index contributed by atoms with van der Waals surface area (Å²) in [7, 11) is 0. The highest BCUT2D eigenvalue weighted by atomic mass is 16.5. The van der Waals surface area contributed by atoms with Crippen molar-refractivity contribution in [1.29, 1.82) is 0 Å². The Hall–Kier alpha value is -5.84. The molecule has 53 heavy (non-hydrogen) atoms. The van der Waals surface area contributed by atoms with Crippen molar-refractivity contribution in [2.75, 3.05) is 0 Å². The predicted octanol–water partition coefficient (Wildman–Crippen LogP) is 3.85. The van der Waals surface area contributed by atoms with E-state index in [4.69, 9.17) is 4.74 Å². The molecule has 0 bridgehead atoms. The summed E-state index contributed by atoms with van der Waals surface area (Å²) in [6.45, 7) is 0.112. The van der Waals surface area contributed by atoms with E-state index < -0.39 is 42.0 Å². The first-order valence-corrected chi connectivity index (χ1v) is 18.2. The van der Waals surface area contributed by atoms with Crippen LogP contribution in [0.25, 0.3) is 0 Å². The summed E-state index contributed by atoms with van der Waals surface area (Å²) in [5.74, 6) is -1.91. The monoisotopic (exact) mass is 715 g/mol. The van der Waals surface area contributed by atoms with E-state index in [2.05, 4.69) is 20.9 Å². The molecule has 274 valence electrons. The SMILES string of the molecule is O=C(Cc1ccccc1)N[C@H]1CC[C@H]2CC[C@@H](C(=O)N[C@@H](Cc3cccnc3)C(=O)N[C@H](CC(=O)OCc3ccccc3)Cc3ccccc3)N2C1=O. The molecule has 11 nitrogen and oxygen atoms in total. The Morgan fingerprint density at radius 3 is 2.06 bits per heavy atom. The van der Waals surface area contributed by atoms with E-state index in [1.165, 1.54) is 0 Å². The molecule has 1 aromatic heterocycles. The van der Waals surface area contributed by atoms with Gasteiger partial charge in [0, 0.05) is 30.9 Å². The van der Waals surface area contributed by atoms with Crippen LogP contribution in [0.1, 0.15) is 54.4 Å². The number of esters is 1. The van der Waals surface area contributed by atoms with Crippen LogP contribution in [0.15, 0.2) is 116 Å². The Bertz CT molecular complexity index is 1840. The number of carbonyl (C=O) groups excluding carboxylic acids is 5. The summed E-state index contributed by atoms with van der Waals surface area (Å²) in [5, 5.41) is 8.85. The van der Waals surface area contributed by atoms with E-state index in [0.717, 1.165) is 22.3 Å². The average Bonchev–Trinajstić information content (AvgIpc) is 3.62. The quantitative estimate of drug-likeness (QED) is 0.159. The van der Waals surface area contributed by atoms with Crippen LogP contribution in [0, 0.1) is 0 Å². The average molecular weight is 716 g/mol. The number of carbonyl (C=O) groups is 5. The van der Waals surface area contributed by atoms with Gasteiger partial charge in [-0.05, 0) is 60.4 Å². The second-order valence-corrected chi connectivity index (χ2v) is 13.7. The smallest absolute Gasteiger partial charge is 0.308 e. The van der Waals surface area contributed by atoms with Crippen molar-refractivity contribution in [2.45, 2.75) is 88.2 Å². The first-order chi connectivity index (χ1) is 25.8. The number of hydrogen-bond acceptors (Lipinski definition) is 7. The largest absolute Gasteiger partial charge is 0.461 e. The number of nitrogens with zero attached hydrogens (tertiary/aromatic N) is 2. The molecule has 2 saturated heterocycles. The normalized spacial score (nSPS) is 19.0. The highest BCUT2D eigenvalue weighted by Gasteiger charge is 2.47. The van der Waals surface area contributed by atoms with Crippen molar-refractivity contribution >= 4 is 29.6 Å². The van der Waals surface area contributed by atoms with Gasteiger partial charge in [-0.25, -0.2) is 0 Å². The lowest BCUT2D eigenvalue weighted by Gasteiger charge is -2.38. The molecule has 0 spiro atoms. The third kappa shape index (κ3) is 10.4. The molecule has 6 rings (SSSR count). The minimum Gasteiger partial charge on any atom is -0.461 e. The van der Waals surface area contributed by atoms with Gasteiger partial charge in [0.05, 0.1) is 12.8 Å². The van der Waals surface area contributed by atoms with Crippen molar-refractivity contribution in [3.05, 3.63) is 138 Å². The van der Waals surface area contributed by atoms with Crippen molar-refractivity contribution in [3.8, 4) is 0 Å². The zero-order valence-corrected chi connectivity index (χ0v) is 29.6. The molecule has 3 N–H and O–H groups in total. The van der Waals surface area contributed by atoms with Crippen LogP contribution in [0.3, 0.4) is 0 Å². The summed E-state index contributed by atoms with van der Waals surface area (Å²) in [4.78, 5) is 73.6. The summed E-state index contributed by atoms with van der Waals surface area (Å²) in [6.07, 6.45) is 6.10. The number of piperidine rings is 1. The maximum absolute atomic E-state index is 14.1. The molecule has 0 radical (unpaired) electrons. The molecule has 11 heteroatoms. The second kappa shape index (κ2) is 18.1. The number of amides is 4. The number of benzene rings is 3. The standard InChI is InChI=1S/C42H45N5O6/c48-38(25-30-13-6-2-7-14-30)45-35-20-18-34-19-21-37(47(34)42(35)52)41(51)46-36(24-32-17-10-22-43-27-32)40(50)44-33(23-29-11-4-1-5-12-29)26-39(49)53-28-31-15-8-3-9-16-31/h1-17,22,27,33-37H,18-21,23-26,28H2,(H,44,50)(H,45,48)(H,46,51)/t33-,34-,35-,36-,37-/m0/s1. The molecule has 4 aromatic rings. The first-order valence-electron chi connectivity index (χ1n) is 18.2. The lowest BCUT2D eigenvalue weighted by molar-refractivity contribution is -0.146. The van der Waals surface area contributed by atoms with E-state index in [-0.39, 0.29) is 43.7 Å². The Morgan fingerprint density at radius 2 is 1.38 bits per heavy atom. The minimum atomic E-state index is -1.02. The first kappa shape index (κ1) is 36.9. The Morgan fingerprint density at radius 1 is 0.736 bits per heavy atom. The summed E-state index contributed by atoms with van der Waals surface area (Å²) in [6, 6.07) is 28.5. The van der Waals surface area contributed by atoms with Gasteiger partial charge in [-0.15, -0.1) is 0 Å². The van der Waals surface area contributed by atoms with Gasteiger partial charge >= 0.3 is 5.97 Å². The maximum Gasteiger partial charge on any atom is 0.308 e. The van der Waals surface area contributed by atoms with Gasteiger partial charge < -0.3 is 25.6 Å². The fourth-order valence-corrected chi connectivity index (χ4v) is 7.18. The third-order valence-corrected chi connectivity index (χ3v) is 9.81. The maximum atomic E-state index is 14.1. The molecule has 5 atom stereocenters. The number of hydrogen-bond donors (Lipinski definition) is 3. The topological polar surface area (TPSA) is 147 Å². The number of ether oxygens (including phenoxy) is 1. The molecule has 4 amide bonds. The minimum absolute atomic E-state index is 0.0784. The number of aromatic nitrogens is 1. The lowest BCUT2D eigenvalue weighted by Crippen LogP contribution is -2.60. The molecule has 3 aromatic carbocycles.